The van der Waals surface area contributed by atoms with Gasteiger partial charge in [-0.05, 0) is 17.5 Å². The van der Waals surface area contributed by atoms with Gasteiger partial charge in [0.2, 0.25) is 0 Å². The van der Waals surface area contributed by atoms with Gasteiger partial charge < -0.3 is 0 Å². The van der Waals surface area contributed by atoms with E-state index in [4.69, 9.17) is 4.99 Å². The van der Waals surface area contributed by atoms with Crippen molar-refractivity contribution < 1.29 is 0 Å². The number of rotatable bonds is 6. The Balaban J connectivity index is 2.17. The van der Waals surface area contributed by atoms with Crippen LogP contribution in [0.15, 0.2) is 65.7 Å². The molecule has 0 fully saturated rings. The molecule has 0 aromatic heterocycles. The maximum atomic E-state index is 4.80. The van der Waals surface area contributed by atoms with E-state index in [0.717, 1.165) is 19.4 Å². The highest BCUT2D eigenvalue weighted by molar-refractivity contribution is 6.01. The average Bonchev–Trinajstić information content (AvgIpc) is 2.48. The standard InChI is InChI=1S/C18H21N/c1-2-3-14-19-18(17-12-8-5-9-13-17)15-16-10-6-4-7-11-16/h4-13H,2-3,14-15H2,1H3. The lowest BCUT2D eigenvalue weighted by Crippen LogP contribution is -2.06. The van der Waals surface area contributed by atoms with Crippen molar-refractivity contribution in [1.29, 1.82) is 0 Å². The van der Waals surface area contributed by atoms with Gasteiger partial charge in [0.05, 0.1) is 0 Å². The fourth-order valence-corrected chi connectivity index (χ4v) is 2.04. The Labute approximate surface area is 116 Å². The highest BCUT2D eigenvalue weighted by Crippen LogP contribution is 2.09. The Bertz CT molecular complexity index is 500. The maximum absolute atomic E-state index is 4.80. The third kappa shape index (κ3) is 4.36. The summed E-state index contributed by atoms with van der Waals surface area (Å²) in [6.45, 7) is 3.13. The van der Waals surface area contributed by atoms with E-state index in [2.05, 4.69) is 67.6 Å². The van der Waals surface area contributed by atoms with E-state index in [1.807, 2.05) is 0 Å². The number of aliphatic imine (C=N–C) groups is 1. The number of unbranched alkanes of at least 4 members (excludes halogenated alkanes) is 1. The summed E-state index contributed by atoms with van der Waals surface area (Å²) in [5, 5.41) is 0. The van der Waals surface area contributed by atoms with Crippen LogP contribution in [0.4, 0.5) is 0 Å². The number of nitrogens with zero attached hydrogens (tertiary/aromatic N) is 1. The predicted octanol–water partition coefficient (Wildman–Crippen LogP) is 4.52. The fraction of sp³-hybridized carbons (Fsp3) is 0.278. The quantitative estimate of drug-likeness (QED) is 0.529. The third-order valence-electron chi connectivity index (χ3n) is 3.14. The van der Waals surface area contributed by atoms with Gasteiger partial charge in [0.25, 0.3) is 0 Å². The largest absolute Gasteiger partial charge is 0.289 e. The Morgan fingerprint density at radius 1 is 0.895 bits per heavy atom. The lowest BCUT2D eigenvalue weighted by Gasteiger charge is -2.07. The van der Waals surface area contributed by atoms with Crippen LogP contribution in [-0.4, -0.2) is 12.3 Å². The second-order valence-corrected chi connectivity index (χ2v) is 4.71. The molecule has 0 saturated heterocycles. The summed E-state index contributed by atoms with van der Waals surface area (Å²) in [6, 6.07) is 21.1. The molecular formula is C18H21N. The first-order chi connectivity index (χ1) is 9.40. The van der Waals surface area contributed by atoms with Gasteiger partial charge in [-0.25, -0.2) is 0 Å². The van der Waals surface area contributed by atoms with Crippen LogP contribution in [0, 0.1) is 0 Å². The van der Waals surface area contributed by atoms with E-state index in [0.29, 0.717) is 0 Å². The summed E-state index contributed by atoms with van der Waals surface area (Å²) < 4.78 is 0. The molecule has 1 nitrogen and oxygen atoms in total. The normalized spacial score (nSPS) is 11.5. The fourth-order valence-electron chi connectivity index (χ4n) is 2.04. The average molecular weight is 251 g/mol. The van der Waals surface area contributed by atoms with Crippen LogP contribution in [0.3, 0.4) is 0 Å². The molecule has 0 amide bonds. The van der Waals surface area contributed by atoms with Crippen LogP contribution in [0.1, 0.15) is 30.9 Å². The van der Waals surface area contributed by atoms with Gasteiger partial charge in [-0.15, -0.1) is 0 Å². The van der Waals surface area contributed by atoms with Crippen molar-refractivity contribution in [3.8, 4) is 0 Å². The molecule has 0 aliphatic carbocycles. The summed E-state index contributed by atoms with van der Waals surface area (Å²) in [7, 11) is 0. The second kappa shape index (κ2) is 7.52. The zero-order valence-corrected chi connectivity index (χ0v) is 11.5. The molecule has 98 valence electrons. The van der Waals surface area contributed by atoms with Crippen LogP contribution < -0.4 is 0 Å². The van der Waals surface area contributed by atoms with E-state index in [-0.39, 0.29) is 0 Å². The van der Waals surface area contributed by atoms with Crippen molar-refractivity contribution in [3.05, 3.63) is 71.8 Å². The van der Waals surface area contributed by atoms with Crippen molar-refractivity contribution in [3.63, 3.8) is 0 Å². The molecule has 2 aromatic rings. The summed E-state index contributed by atoms with van der Waals surface area (Å²) in [5.74, 6) is 0. The summed E-state index contributed by atoms with van der Waals surface area (Å²) in [4.78, 5) is 4.80. The van der Waals surface area contributed by atoms with Crippen LogP contribution in [0.2, 0.25) is 0 Å². The monoisotopic (exact) mass is 251 g/mol. The maximum Gasteiger partial charge on any atom is 0.0464 e. The molecule has 0 N–H and O–H groups in total. The molecule has 0 aliphatic rings. The molecule has 2 rings (SSSR count). The van der Waals surface area contributed by atoms with Crippen molar-refractivity contribution in [2.24, 2.45) is 4.99 Å². The van der Waals surface area contributed by atoms with E-state index in [1.165, 1.54) is 23.3 Å². The summed E-state index contributed by atoms with van der Waals surface area (Å²) in [5.41, 5.74) is 3.75. The molecule has 2 aromatic carbocycles. The van der Waals surface area contributed by atoms with Gasteiger partial charge in [-0.2, -0.15) is 0 Å². The number of hydrogen-bond acceptors (Lipinski definition) is 1. The van der Waals surface area contributed by atoms with Crippen LogP contribution >= 0.6 is 0 Å². The Hall–Kier alpha value is -1.89. The SMILES string of the molecule is CCCCN=C(Cc1ccccc1)c1ccccc1. The van der Waals surface area contributed by atoms with Gasteiger partial charge in [0.15, 0.2) is 0 Å². The molecule has 0 saturated carbocycles. The lowest BCUT2D eigenvalue weighted by atomic mass is 10.0. The minimum Gasteiger partial charge on any atom is -0.289 e. The molecule has 0 spiro atoms. The van der Waals surface area contributed by atoms with Crippen molar-refractivity contribution >= 4 is 5.71 Å². The molecule has 0 bridgehead atoms. The predicted molar refractivity (Wildman–Crippen MR) is 82.9 cm³/mol. The first kappa shape index (κ1) is 13.5. The highest BCUT2D eigenvalue weighted by atomic mass is 14.7. The lowest BCUT2D eigenvalue weighted by molar-refractivity contribution is 0.806. The van der Waals surface area contributed by atoms with Crippen molar-refractivity contribution in [2.75, 3.05) is 6.54 Å². The first-order valence-electron chi connectivity index (χ1n) is 7.03. The Kier molecular flexibility index (Phi) is 5.36. The zero-order chi connectivity index (χ0) is 13.3. The van der Waals surface area contributed by atoms with Gasteiger partial charge in [-0.3, -0.25) is 4.99 Å². The first-order valence-corrected chi connectivity index (χ1v) is 7.03. The van der Waals surface area contributed by atoms with Crippen molar-refractivity contribution in [2.45, 2.75) is 26.2 Å². The molecule has 1 heteroatoms. The topological polar surface area (TPSA) is 12.4 Å². The summed E-state index contributed by atoms with van der Waals surface area (Å²) >= 11 is 0. The smallest absolute Gasteiger partial charge is 0.0464 e. The summed E-state index contributed by atoms with van der Waals surface area (Å²) in [6.07, 6.45) is 3.26. The van der Waals surface area contributed by atoms with E-state index >= 15 is 0 Å². The second-order valence-electron chi connectivity index (χ2n) is 4.71. The number of benzene rings is 2. The third-order valence-corrected chi connectivity index (χ3v) is 3.14. The Morgan fingerprint density at radius 2 is 1.53 bits per heavy atom. The van der Waals surface area contributed by atoms with E-state index in [9.17, 15) is 0 Å². The van der Waals surface area contributed by atoms with Gasteiger partial charge in [-0.1, -0.05) is 74.0 Å². The molecule has 0 unspecified atom stereocenters. The molecule has 0 heterocycles. The molecular weight excluding hydrogens is 230 g/mol. The van der Waals surface area contributed by atoms with Gasteiger partial charge >= 0.3 is 0 Å². The molecule has 0 radical (unpaired) electrons. The van der Waals surface area contributed by atoms with Crippen LogP contribution in [-0.2, 0) is 6.42 Å². The highest BCUT2D eigenvalue weighted by Gasteiger charge is 2.04. The Morgan fingerprint density at radius 3 is 2.16 bits per heavy atom. The van der Waals surface area contributed by atoms with E-state index < -0.39 is 0 Å². The minimum absolute atomic E-state index is 0.911. The van der Waals surface area contributed by atoms with Crippen LogP contribution in [0.5, 0.6) is 0 Å². The molecule has 0 aliphatic heterocycles. The zero-order valence-electron chi connectivity index (χ0n) is 11.5. The molecule has 0 atom stereocenters. The van der Waals surface area contributed by atoms with Crippen LogP contribution in [0.25, 0.3) is 0 Å². The molecule has 19 heavy (non-hydrogen) atoms. The minimum atomic E-state index is 0.911. The number of hydrogen-bond donors (Lipinski definition) is 0. The van der Waals surface area contributed by atoms with Crippen molar-refractivity contribution in [1.82, 2.24) is 0 Å². The van der Waals surface area contributed by atoms with E-state index in [1.54, 1.807) is 0 Å². The van der Waals surface area contributed by atoms with Gasteiger partial charge in [0.1, 0.15) is 0 Å². The van der Waals surface area contributed by atoms with Gasteiger partial charge in [0, 0.05) is 18.7 Å².